The molecule has 4 aromatic carbocycles. The number of primary amides is 1. The fourth-order valence-electron chi connectivity index (χ4n) is 5.87. The fraction of sp³-hybridized carbons (Fsp3) is 0.182. The summed E-state index contributed by atoms with van der Waals surface area (Å²) in [5.74, 6) is -1.53. The molecule has 0 saturated carbocycles. The first-order valence-electron chi connectivity index (χ1n) is 13.3. The van der Waals surface area contributed by atoms with Crippen molar-refractivity contribution in [1.82, 2.24) is 10.2 Å². The van der Waals surface area contributed by atoms with Gasteiger partial charge in [-0.05, 0) is 38.9 Å². The maximum atomic E-state index is 13.9. The molecule has 7 nitrogen and oxygen atoms in total. The molecular weight excluding hydrogens is 502 g/mol. The Morgan fingerprint density at radius 3 is 2.02 bits per heavy atom. The number of carbonyl (C=O) groups excluding carboxylic acids is 3. The summed E-state index contributed by atoms with van der Waals surface area (Å²) in [6, 6.07) is 30.9. The maximum Gasteiger partial charge on any atom is 0.411 e. The van der Waals surface area contributed by atoms with Gasteiger partial charge in [-0.25, -0.2) is 4.79 Å². The third-order valence-corrected chi connectivity index (χ3v) is 7.81. The molecule has 1 aliphatic carbocycles. The van der Waals surface area contributed by atoms with Crippen molar-refractivity contribution in [3.8, 4) is 11.1 Å². The second-order valence-corrected chi connectivity index (χ2v) is 10.2. The van der Waals surface area contributed by atoms with Crippen LogP contribution in [-0.2, 0) is 33.9 Å². The lowest BCUT2D eigenvalue weighted by Gasteiger charge is -2.36. The summed E-state index contributed by atoms with van der Waals surface area (Å²) < 4.78 is 5.62. The highest BCUT2D eigenvalue weighted by atomic mass is 16.6. The average molecular weight is 532 g/mol. The van der Waals surface area contributed by atoms with Gasteiger partial charge in [0.05, 0.1) is 6.54 Å². The molecule has 6 rings (SSSR count). The van der Waals surface area contributed by atoms with E-state index >= 15 is 0 Å². The molecule has 3 N–H and O–H groups in total. The van der Waals surface area contributed by atoms with E-state index in [4.69, 9.17) is 10.5 Å². The standard InChI is InChI=1S/C33H29N3O4/c34-31(37)30(29-26-16-8-6-14-24(26)25-15-7-9-17-27(25)29)35-32(38)28-18-22-12-4-5-13-23(22)19-36(28)33(39)40-20-21-10-2-1-3-11-21/h1-17,28-30H,18-20H2,(H2,34,37)(H,35,38)/t28-,30+/m0/s1. The fourth-order valence-corrected chi connectivity index (χ4v) is 5.87. The number of amides is 3. The smallest absolute Gasteiger partial charge is 0.411 e. The highest BCUT2D eigenvalue weighted by Crippen LogP contribution is 2.46. The van der Waals surface area contributed by atoms with Crippen LogP contribution in [0.25, 0.3) is 11.1 Å². The first kappa shape index (κ1) is 25.4. The number of nitrogens with two attached hydrogens (primary N) is 1. The van der Waals surface area contributed by atoms with Gasteiger partial charge >= 0.3 is 6.09 Å². The van der Waals surface area contributed by atoms with E-state index in [0.29, 0.717) is 6.42 Å². The molecule has 40 heavy (non-hydrogen) atoms. The molecule has 4 aromatic rings. The van der Waals surface area contributed by atoms with Crippen molar-refractivity contribution in [3.63, 3.8) is 0 Å². The summed E-state index contributed by atoms with van der Waals surface area (Å²) in [5.41, 5.74) is 12.6. The minimum atomic E-state index is -1.00. The zero-order valence-electron chi connectivity index (χ0n) is 21.8. The van der Waals surface area contributed by atoms with Crippen molar-refractivity contribution >= 4 is 17.9 Å². The van der Waals surface area contributed by atoms with Crippen LogP contribution in [0.3, 0.4) is 0 Å². The van der Waals surface area contributed by atoms with Crippen LogP contribution < -0.4 is 11.1 Å². The van der Waals surface area contributed by atoms with Gasteiger partial charge in [-0.3, -0.25) is 14.5 Å². The van der Waals surface area contributed by atoms with Gasteiger partial charge in [-0.1, -0.05) is 103 Å². The monoisotopic (exact) mass is 531 g/mol. The third kappa shape index (κ3) is 4.71. The Kier molecular flexibility index (Phi) is 6.78. The molecule has 0 spiro atoms. The van der Waals surface area contributed by atoms with Crippen LogP contribution in [0.2, 0.25) is 0 Å². The quantitative estimate of drug-likeness (QED) is 0.382. The Bertz CT molecular complexity index is 1540. The van der Waals surface area contributed by atoms with Gasteiger partial charge in [0, 0.05) is 12.3 Å². The molecule has 1 heterocycles. The summed E-state index contributed by atoms with van der Waals surface area (Å²) in [6.45, 7) is 0.309. The number of benzene rings is 4. The molecule has 2 atom stereocenters. The van der Waals surface area contributed by atoms with Gasteiger partial charge in [0.2, 0.25) is 11.8 Å². The molecule has 0 radical (unpaired) electrons. The molecular formula is C33H29N3O4. The van der Waals surface area contributed by atoms with E-state index in [0.717, 1.165) is 38.9 Å². The Labute approximate surface area is 232 Å². The molecule has 200 valence electrons. The number of hydrogen-bond acceptors (Lipinski definition) is 4. The van der Waals surface area contributed by atoms with Gasteiger partial charge in [-0.15, -0.1) is 0 Å². The van der Waals surface area contributed by atoms with Crippen LogP contribution in [0.1, 0.15) is 33.7 Å². The minimum Gasteiger partial charge on any atom is -0.445 e. The molecule has 2 aliphatic rings. The van der Waals surface area contributed by atoms with Gasteiger partial charge in [0.15, 0.2) is 0 Å². The van der Waals surface area contributed by atoms with Crippen LogP contribution >= 0.6 is 0 Å². The Morgan fingerprint density at radius 1 is 0.800 bits per heavy atom. The third-order valence-electron chi connectivity index (χ3n) is 7.81. The Morgan fingerprint density at radius 2 is 1.38 bits per heavy atom. The normalized spacial score (nSPS) is 16.3. The molecule has 3 amide bonds. The predicted molar refractivity (Wildman–Crippen MR) is 151 cm³/mol. The molecule has 0 aromatic heterocycles. The highest BCUT2D eigenvalue weighted by molar-refractivity contribution is 5.94. The van der Waals surface area contributed by atoms with Crippen molar-refractivity contribution in [2.75, 3.05) is 0 Å². The topological polar surface area (TPSA) is 102 Å². The molecule has 7 heteroatoms. The lowest BCUT2D eigenvalue weighted by Crippen LogP contribution is -2.57. The summed E-state index contributed by atoms with van der Waals surface area (Å²) in [6.07, 6.45) is -0.295. The number of fused-ring (bicyclic) bond motifs is 4. The lowest BCUT2D eigenvalue weighted by molar-refractivity contribution is -0.131. The van der Waals surface area contributed by atoms with Gasteiger partial charge in [0.25, 0.3) is 0 Å². The number of hydrogen-bond donors (Lipinski definition) is 2. The van der Waals surface area contributed by atoms with E-state index in [9.17, 15) is 14.4 Å². The van der Waals surface area contributed by atoms with Crippen molar-refractivity contribution in [2.45, 2.75) is 37.6 Å². The zero-order valence-corrected chi connectivity index (χ0v) is 21.8. The van der Waals surface area contributed by atoms with Crippen molar-refractivity contribution < 1.29 is 19.1 Å². The van der Waals surface area contributed by atoms with E-state index in [2.05, 4.69) is 5.32 Å². The van der Waals surface area contributed by atoms with Gasteiger partial charge in [-0.2, -0.15) is 0 Å². The molecule has 0 bridgehead atoms. The first-order valence-corrected chi connectivity index (χ1v) is 13.3. The van der Waals surface area contributed by atoms with Crippen LogP contribution in [0.15, 0.2) is 103 Å². The van der Waals surface area contributed by atoms with E-state index in [-0.39, 0.29) is 13.2 Å². The molecule has 0 saturated heterocycles. The first-order chi connectivity index (χ1) is 19.5. The summed E-state index contributed by atoms with van der Waals surface area (Å²) in [7, 11) is 0. The van der Waals surface area contributed by atoms with Crippen LogP contribution in [0.4, 0.5) is 4.79 Å². The summed E-state index contributed by atoms with van der Waals surface area (Å²) in [4.78, 5) is 41.6. The summed E-state index contributed by atoms with van der Waals surface area (Å²) >= 11 is 0. The molecule has 0 unspecified atom stereocenters. The van der Waals surface area contributed by atoms with Crippen molar-refractivity contribution in [1.29, 1.82) is 0 Å². The van der Waals surface area contributed by atoms with Gasteiger partial charge in [0.1, 0.15) is 18.7 Å². The minimum absolute atomic E-state index is 0.0890. The van der Waals surface area contributed by atoms with E-state index in [1.54, 1.807) is 0 Å². The molecule has 0 fully saturated rings. The number of ether oxygens (including phenoxy) is 1. The molecule has 1 aliphatic heterocycles. The number of nitrogens with zero attached hydrogens (tertiary/aromatic N) is 1. The second kappa shape index (κ2) is 10.7. The Hall–Kier alpha value is -4.91. The number of nitrogens with one attached hydrogen (secondary N) is 1. The van der Waals surface area contributed by atoms with Crippen LogP contribution in [-0.4, -0.2) is 34.9 Å². The highest BCUT2D eigenvalue weighted by Gasteiger charge is 2.41. The van der Waals surface area contributed by atoms with Crippen LogP contribution in [0, 0.1) is 0 Å². The second-order valence-electron chi connectivity index (χ2n) is 10.2. The maximum absolute atomic E-state index is 13.9. The number of rotatable bonds is 6. The Balaban J connectivity index is 1.29. The zero-order chi connectivity index (χ0) is 27.6. The largest absolute Gasteiger partial charge is 0.445 e. The lowest BCUT2D eigenvalue weighted by atomic mass is 9.88. The van der Waals surface area contributed by atoms with E-state index in [1.165, 1.54) is 4.90 Å². The van der Waals surface area contributed by atoms with Crippen LogP contribution in [0.5, 0.6) is 0 Å². The average Bonchev–Trinajstić information content (AvgIpc) is 3.32. The van der Waals surface area contributed by atoms with E-state index in [1.807, 2.05) is 103 Å². The summed E-state index contributed by atoms with van der Waals surface area (Å²) in [5, 5.41) is 2.94. The predicted octanol–water partition coefficient (Wildman–Crippen LogP) is 4.53. The van der Waals surface area contributed by atoms with Gasteiger partial charge < -0.3 is 15.8 Å². The van der Waals surface area contributed by atoms with Crippen molar-refractivity contribution in [3.05, 3.63) is 131 Å². The van der Waals surface area contributed by atoms with E-state index < -0.39 is 35.9 Å². The SMILES string of the molecule is NC(=O)[C@H](NC(=O)[C@@H]1Cc2ccccc2CN1C(=O)OCc1ccccc1)C1c2ccccc2-c2ccccc21. The van der Waals surface area contributed by atoms with Crippen molar-refractivity contribution in [2.24, 2.45) is 5.73 Å². The number of carbonyl (C=O) groups is 3.